The van der Waals surface area contributed by atoms with Crippen LogP contribution in [0.5, 0.6) is 0 Å². The van der Waals surface area contributed by atoms with Crippen molar-refractivity contribution >= 4 is 5.78 Å². The number of aromatic nitrogens is 2. The normalized spacial score (nSPS) is 12.6. The number of nitrogens with zero attached hydrogens (tertiary/aromatic N) is 2. The molecule has 158 valence electrons. The lowest BCUT2D eigenvalue weighted by Gasteiger charge is -2.26. The van der Waals surface area contributed by atoms with Gasteiger partial charge in [-0.3, -0.25) is 4.79 Å². The number of benzene rings is 1. The lowest BCUT2D eigenvalue weighted by molar-refractivity contribution is -0.122. The van der Waals surface area contributed by atoms with Crippen LogP contribution in [0.1, 0.15) is 51.1 Å². The van der Waals surface area contributed by atoms with Crippen LogP contribution in [0.4, 0.5) is 0 Å². The van der Waals surface area contributed by atoms with E-state index in [1.807, 2.05) is 85.3 Å². The summed E-state index contributed by atoms with van der Waals surface area (Å²) in [4.78, 5) is 21.7. The molecule has 4 heteroatoms. The minimum Gasteiger partial charge on any atom is -0.391 e. The van der Waals surface area contributed by atoms with Gasteiger partial charge >= 0.3 is 0 Å². The Balaban J connectivity index is 2.19. The number of allylic oxidation sites excluding steroid dienone is 5. The summed E-state index contributed by atoms with van der Waals surface area (Å²) >= 11 is 0. The number of hydrogen-bond donors (Lipinski definition) is 1. The molecule has 4 nitrogen and oxygen atoms in total. The fraction of sp³-hybridized carbons (Fsp3) is 0.346. The molecule has 0 unspecified atom stereocenters. The number of aryl methyl sites for hydroxylation is 2. The number of ketones is 1. The zero-order valence-electron chi connectivity index (χ0n) is 19.3. The summed E-state index contributed by atoms with van der Waals surface area (Å²) in [5.41, 5.74) is 6.56. The van der Waals surface area contributed by atoms with Crippen molar-refractivity contribution in [3.05, 3.63) is 83.1 Å². The van der Waals surface area contributed by atoms with Gasteiger partial charge in [-0.2, -0.15) is 0 Å². The van der Waals surface area contributed by atoms with Gasteiger partial charge in [0, 0.05) is 42.5 Å². The van der Waals surface area contributed by atoms with Gasteiger partial charge in [0.2, 0.25) is 0 Å². The third kappa shape index (κ3) is 5.53. The highest BCUT2D eigenvalue weighted by atomic mass is 16.1. The Bertz CT molecular complexity index is 995. The quantitative estimate of drug-likeness (QED) is 0.581. The van der Waals surface area contributed by atoms with Crippen LogP contribution in [-0.2, 0) is 10.2 Å². The van der Waals surface area contributed by atoms with Crippen molar-refractivity contribution in [3.63, 3.8) is 0 Å². The molecule has 0 aliphatic rings. The molecule has 0 radical (unpaired) electrons. The van der Waals surface area contributed by atoms with Crippen molar-refractivity contribution in [3.8, 4) is 11.1 Å². The summed E-state index contributed by atoms with van der Waals surface area (Å²) in [6.45, 7) is 16.0. The molecule has 0 saturated carbocycles. The van der Waals surface area contributed by atoms with E-state index in [4.69, 9.17) is 0 Å². The second-order valence-corrected chi connectivity index (χ2v) is 8.32. The minimum absolute atomic E-state index is 0.152. The van der Waals surface area contributed by atoms with E-state index in [9.17, 15) is 4.79 Å². The molecule has 0 saturated heterocycles. The summed E-state index contributed by atoms with van der Waals surface area (Å²) < 4.78 is 0. The highest BCUT2D eigenvalue weighted by Gasteiger charge is 2.30. The lowest BCUT2D eigenvalue weighted by Crippen LogP contribution is -2.30. The third-order valence-electron chi connectivity index (χ3n) is 5.63. The van der Waals surface area contributed by atoms with Gasteiger partial charge in [-0.1, -0.05) is 36.9 Å². The van der Waals surface area contributed by atoms with Crippen LogP contribution in [0.15, 0.2) is 66.2 Å². The van der Waals surface area contributed by atoms with Crippen LogP contribution in [0, 0.1) is 13.8 Å². The van der Waals surface area contributed by atoms with E-state index in [1.165, 1.54) is 0 Å². The molecule has 30 heavy (non-hydrogen) atoms. The molecule has 0 fully saturated rings. The molecular formula is C26H33N3O. The molecule has 1 aromatic carbocycles. The summed E-state index contributed by atoms with van der Waals surface area (Å²) in [5.74, 6) is 0.901. The SMILES string of the molecule is C=C(/C=C\C(C)=C(/C)NC)CC(=O)C(C)(C)c1ccc(-c2cnc(C)nc2)cc1C. The highest BCUT2D eigenvalue weighted by Crippen LogP contribution is 2.32. The van der Waals surface area contributed by atoms with Crippen molar-refractivity contribution in [1.29, 1.82) is 0 Å². The van der Waals surface area contributed by atoms with Gasteiger partial charge in [-0.25, -0.2) is 9.97 Å². The Labute approximate surface area is 180 Å². The van der Waals surface area contributed by atoms with Crippen LogP contribution in [0.2, 0.25) is 0 Å². The van der Waals surface area contributed by atoms with E-state index < -0.39 is 5.41 Å². The second kappa shape index (κ2) is 9.66. The van der Waals surface area contributed by atoms with E-state index in [1.54, 1.807) is 0 Å². The molecule has 1 heterocycles. The lowest BCUT2D eigenvalue weighted by atomic mass is 9.76. The van der Waals surface area contributed by atoms with Gasteiger partial charge in [0.25, 0.3) is 0 Å². The van der Waals surface area contributed by atoms with Crippen LogP contribution in [0.25, 0.3) is 11.1 Å². The smallest absolute Gasteiger partial charge is 0.147 e. The Morgan fingerprint density at radius 1 is 1.10 bits per heavy atom. The molecule has 0 spiro atoms. The number of carbonyl (C=O) groups excluding carboxylic acids is 1. The van der Waals surface area contributed by atoms with Gasteiger partial charge in [0.15, 0.2) is 0 Å². The predicted molar refractivity (Wildman–Crippen MR) is 125 cm³/mol. The Kier molecular flexibility index (Phi) is 7.49. The van der Waals surface area contributed by atoms with E-state index in [0.717, 1.165) is 44.9 Å². The molecule has 1 N–H and O–H groups in total. The summed E-state index contributed by atoms with van der Waals surface area (Å²) in [6.07, 6.45) is 7.91. The maximum atomic E-state index is 13.1. The van der Waals surface area contributed by atoms with Crippen molar-refractivity contribution in [2.75, 3.05) is 7.05 Å². The molecule has 0 bridgehead atoms. The maximum absolute atomic E-state index is 13.1. The maximum Gasteiger partial charge on any atom is 0.147 e. The average molecular weight is 404 g/mol. The summed E-state index contributed by atoms with van der Waals surface area (Å²) in [5, 5.41) is 3.12. The standard InChI is InChI=1S/C26H33N3O/c1-17(9-10-18(2)20(4)27-8)13-25(30)26(6,7)24-12-11-22(14-19(24)3)23-15-28-21(5)29-16-23/h9-12,14-16,27H,1,13H2,2-8H3/b10-9-,20-18+. The largest absolute Gasteiger partial charge is 0.391 e. The first-order chi connectivity index (χ1) is 14.1. The average Bonchev–Trinajstić information content (AvgIpc) is 2.71. The van der Waals surface area contributed by atoms with Gasteiger partial charge in [-0.15, -0.1) is 0 Å². The van der Waals surface area contributed by atoms with Crippen molar-refractivity contribution in [2.24, 2.45) is 0 Å². The van der Waals surface area contributed by atoms with Gasteiger partial charge in [-0.05, 0) is 69.4 Å². The Morgan fingerprint density at radius 2 is 1.73 bits per heavy atom. The summed E-state index contributed by atoms with van der Waals surface area (Å²) in [6, 6.07) is 6.18. The monoisotopic (exact) mass is 403 g/mol. The molecule has 2 aromatic rings. The van der Waals surface area contributed by atoms with Crippen molar-refractivity contribution in [1.82, 2.24) is 15.3 Å². The number of hydrogen-bond acceptors (Lipinski definition) is 4. The minimum atomic E-state index is -0.602. The molecule has 0 atom stereocenters. The van der Waals surface area contributed by atoms with Crippen LogP contribution in [0.3, 0.4) is 0 Å². The molecule has 1 aromatic heterocycles. The molecule has 2 rings (SSSR count). The first-order valence-corrected chi connectivity index (χ1v) is 10.2. The van der Waals surface area contributed by atoms with Crippen molar-refractivity contribution in [2.45, 2.75) is 53.4 Å². The number of nitrogens with one attached hydrogen (secondary N) is 1. The fourth-order valence-corrected chi connectivity index (χ4v) is 3.29. The first-order valence-electron chi connectivity index (χ1n) is 10.2. The number of Topliss-reactive ketones (excluding diaryl/α,β-unsaturated/α-hetero) is 1. The molecule has 0 aliphatic heterocycles. The zero-order chi connectivity index (χ0) is 22.5. The van der Waals surface area contributed by atoms with Crippen LogP contribution >= 0.6 is 0 Å². The van der Waals surface area contributed by atoms with Crippen LogP contribution < -0.4 is 5.32 Å². The van der Waals surface area contributed by atoms with Gasteiger partial charge < -0.3 is 5.32 Å². The third-order valence-corrected chi connectivity index (χ3v) is 5.63. The zero-order valence-corrected chi connectivity index (χ0v) is 19.3. The Hall–Kier alpha value is -3.01. The first kappa shape index (κ1) is 23.3. The van der Waals surface area contributed by atoms with Gasteiger partial charge in [0.05, 0.1) is 0 Å². The fourth-order valence-electron chi connectivity index (χ4n) is 3.29. The van der Waals surface area contributed by atoms with E-state index >= 15 is 0 Å². The predicted octanol–water partition coefficient (Wildman–Crippen LogP) is 5.62. The van der Waals surface area contributed by atoms with E-state index in [0.29, 0.717) is 6.42 Å². The highest BCUT2D eigenvalue weighted by molar-refractivity contribution is 5.91. The van der Waals surface area contributed by atoms with E-state index in [2.05, 4.69) is 27.9 Å². The van der Waals surface area contributed by atoms with Gasteiger partial charge in [0.1, 0.15) is 11.6 Å². The van der Waals surface area contributed by atoms with Crippen LogP contribution in [-0.4, -0.2) is 22.8 Å². The topological polar surface area (TPSA) is 54.9 Å². The van der Waals surface area contributed by atoms with E-state index in [-0.39, 0.29) is 5.78 Å². The second-order valence-electron chi connectivity index (χ2n) is 8.32. The molecule has 0 amide bonds. The number of carbonyl (C=O) groups is 1. The molecule has 0 aliphatic carbocycles. The Morgan fingerprint density at radius 3 is 2.30 bits per heavy atom. The number of rotatable bonds is 8. The van der Waals surface area contributed by atoms with Crippen molar-refractivity contribution < 1.29 is 4.79 Å². The molecular weight excluding hydrogens is 370 g/mol. The summed E-state index contributed by atoms with van der Waals surface area (Å²) in [7, 11) is 1.90.